The van der Waals surface area contributed by atoms with Gasteiger partial charge in [-0.2, -0.15) is 0 Å². The Balaban J connectivity index is 2.14. The Bertz CT molecular complexity index is 284. The van der Waals surface area contributed by atoms with Crippen molar-refractivity contribution in [2.45, 2.75) is 26.8 Å². The number of nitrogens with zero attached hydrogens (tertiary/aromatic N) is 4. The molecule has 1 aromatic heterocycles. The first-order valence-electron chi connectivity index (χ1n) is 6.04. The zero-order valence-electron chi connectivity index (χ0n) is 10.6. The third-order valence-corrected chi connectivity index (χ3v) is 2.71. The predicted molar refractivity (Wildman–Crippen MR) is 65.1 cm³/mol. The van der Waals surface area contributed by atoms with Crippen LogP contribution in [0.4, 0.5) is 0 Å². The molecule has 0 bridgehead atoms. The van der Waals surface area contributed by atoms with Crippen LogP contribution in [0.1, 0.15) is 26.0 Å². The van der Waals surface area contributed by atoms with E-state index in [9.17, 15) is 0 Å². The van der Waals surface area contributed by atoms with E-state index in [2.05, 4.69) is 34.4 Å². The fourth-order valence-corrected chi connectivity index (χ4v) is 1.67. The molecule has 0 aliphatic rings. The van der Waals surface area contributed by atoms with E-state index in [-0.39, 0.29) is 0 Å². The van der Waals surface area contributed by atoms with Crippen LogP contribution in [0.2, 0.25) is 0 Å². The first-order chi connectivity index (χ1) is 7.77. The van der Waals surface area contributed by atoms with Crippen LogP contribution in [0.3, 0.4) is 0 Å². The molecule has 1 aromatic rings. The second-order valence-electron chi connectivity index (χ2n) is 3.96. The number of hydrogen-bond donors (Lipinski definition) is 1. The van der Waals surface area contributed by atoms with Crippen molar-refractivity contribution in [1.29, 1.82) is 0 Å². The van der Waals surface area contributed by atoms with Gasteiger partial charge in [0.15, 0.2) is 0 Å². The van der Waals surface area contributed by atoms with E-state index in [4.69, 9.17) is 0 Å². The van der Waals surface area contributed by atoms with Crippen molar-refractivity contribution in [3.05, 3.63) is 11.9 Å². The van der Waals surface area contributed by atoms with Gasteiger partial charge in [0.05, 0.1) is 11.9 Å². The molecule has 1 rings (SSSR count). The van der Waals surface area contributed by atoms with Crippen molar-refractivity contribution in [3.8, 4) is 0 Å². The lowest BCUT2D eigenvalue weighted by molar-refractivity contribution is 0.287. The summed E-state index contributed by atoms with van der Waals surface area (Å²) in [7, 11) is 1.92. The molecule has 5 heteroatoms. The van der Waals surface area contributed by atoms with Gasteiger partial charge in [-0.1, -0.05) is 19.1 Å². The average Bonchev–Trinajstić information content (AvgIpc) is 2.69. The molecule has 1 N–H and O–H groups in total. The Labute approximate surface area is 97.8 Å². The Hall–Kier alpha value is -0.940. The standard InChI is InChI=1S/C11H23N5/c1-4-7-16(5-2)8-6-12-9-11-10-13-14-15(11)3/h10,12H,4-9H2,1-3H3. The molecule has 0 saturated heterocycles. The molecule has 0 aliphatic carbocycles. The van der Waals surface area contributed by atoms with Gasteiger partial charge in [-0.3, -0.25) is 4.68 Å². The van der Waals surface area contributed by atoms with Crippen molar-refractivity contribution in [3.63, 3.8) is 0 Å². The number of aryl methyl sites for hydroxylation is 1. The number of rotatable bonds is 8. The van der Waals surface area contributed by atoms with Gasteiger partial charge in [0.25, 0.3) is 0 Å². The second kappa shape index (κ2) is 7.35. The van der Waals surface area contributed by atoms with Gasteiger partial charge in [-0.25, -0.2) is 0 Å². The lowest BCUT2D eigenvalue weighted by Crippen LogP contribution is -2.32. The Morgan fingerprint density at radius 1 is 1.38 bits per heavy atom. The van der Waals surface area contributed by atoms with Crippen LogP contribution in [-0.4, -0.2) is 46.1 Å². The summed E-state index contributed by atoms with van der Waals surface area (Å²) in [5.41, 5.74) is 1.12. The molecule has 0 radical (unpaired) electrons. The van der Waals surface area contributed by atoms with Crippen molar-refractivity contribution in [2.75, 3.05) is 26.2 Å². The van der Waals surface area contributed by atoms with E-state index in [1.165, 1.54) is 13.0 Å². The lowest BCUT2D eigenvalue weighted by atomic mass is 10.4. The molecule has 0 unspecified atom stereocenters. The molecule has 5 nitrogen and oxygen atoms in total. The molecule has 0 aromatic carbocycles. The molecule has 0 spiro atoms. The summed E-state index contributed by atoms with van der Waals surface area (Å²) in [4.78, 5) is 2.45. The van der Waals surface area contributed by atoms with Gasteiger partial charge in [-0.15, -0.1) is 5.10 Å². The molecule has 1 heterocycles. The summed E-state index contributed by atoms with van der Waals surface area (Å²) in [5.74, 6) is 0. The minimum absolute atomic E-state index is 0.840. The summed E-state index contributed by atoms with van der Waals surface area (Å²) in [6, 6.07) is 0. The maximum Gasteiger partial charge on any atom is 0.0738 e. The van der Waals surface area contributed by atoms with Crippen LogP contribution in [0.5, 0.6) is 0 Å². The first-order valence-corrected chi connectivity index (χ1v) is 6.04. The van der Waals surface area contributed by atoms with Crippen LogP contribution in [0.25, 0.3) is 0 Å². The highest BCUT2D eigenvalue weighted by atomic mass is 15.4. The predicted octanol–water partition coefficient (Wildman–Crippen LogP) is 0.637. The fourth-order valence-electron chi connectivity index (χ4n) is 1.67. The molecule has 92 valence electrons. The molecular formula is C11H23N5. The highest BCUT2D eigenvalue weighted by molar-refractivity contribution is 4.92. The lowest BCUT2D eigenvalue weighted by Gasteiger charge is -2.19. The van der Waals surface area contributed by atoms with Crippen LogP contribution < -0.4 is 5.32 Å². The number of aromatic nitrogens is 3. The number of hydrogen-bond acceptors (Lipinski definition) is 4. The summed E-state index contributed by atoms with van der Waals surface area (Å²) in [5, 5.41) is 11.1. The molecule has 0 amide bonds. The molecule has 0 atom stereocenters. The number of nitrogens with one attached hydrogen (secondary N) is 1. The van der Waals surface area contributed by atoms with E-state index in [0.717, 1.165) is 31.9 Å². The third kappa shape index (κ3) is 4.28. The van der Waals surface area contributed by atoms with E-state index < -0.39 is 0 Å². The van der Waals surface area contributed by atoms with Crippen molar-refractivity contribution >= 4 is 0 Å². The quantitative estimate of drug-likeness (QED) is 0.659. The summed E-state index contributed by atoms with van der Waals surface area (Å²) < 4.78 is 1.80. The van der Waals surface area contributed by atoms with Crippen molar-refractivity contribution < 1.29 is 0 Å². The van der Waals surface area contributed by atoms with Crippen LogP contribution >= 0.6 is 0 Å². The fraction of sp³-hybridized carbons (Fsp3) is 0.818. The van der Waals surface area contributed by atoms with E-state index in [0.29, 0.717) is 0 Å². The topological polar surface area (TPSA) is 46.0 Å². The maximum absolute atomic E-state index is 3.89. The second-order valence-corrected chi connectivity index (χ2v) is 3.96. The highest BCUT2D eigenvalue weighted by Gasteiger charge is 2.01. The Kier molecular flexibility index (Phi) is 6.03. The Morgan fingerprint density at radius 3 is 2.75 bits per heavy atom. The van der Waals surface area contributed by atoms with Crippen molar-refractivity contribution in [2.24, 2.45) is 7.05 Å². The maximum atomic E-state index is 3.89. The first kappa shape index (κ1) is 13.1. The minimum atomic E-state index is 0.840. The normalized spacial score (nSPS) is 11.2. The monoisotopic (exact) mass is 225 g/mol. The van der Waals surface area contributed by atoms with Crippen LogP contribution in [0, 0.1) is 0 Å². The third-order valence-electron chi connectivity index (χ3n) is 2.71. The molecular weight excluding hydrogens is 202 g/mol. The zero-order valence-corrected chi connectivity index (χ0v) is 10.6. The largest absolute Gasteiger partial charge is 0.310 e. The zero-order chi connectivity index (χ0) is 11.8. The SMILES string of the molecule is CCCN(CC)CCNCc1cnnn1C. The van der Waals surface area contributed by atoms with Gasteiger partial charge in [0.1, 0.15) is 0 Å². The van der Waals surface area contributed by atoms with E-state index in [1.54, 1.807) is 10.9 Å². The van der Waals surface area contributed by atoms with Crippen molar-refractivity contribution in [1.82, 2.24) is 25.2 Å². The summed E-state index contributed by atoms with van der Waals surface area (Å²) >= 11 is 0. The van der Waals surface area contributed by atoms with Gasteiger partial charge < -0.3 is 10.2 Å². The molecule has 0 aliphatic heterocycles. The Morgan fingerprint density at radius 2 is 2.19 bits per heavy atom. The van der Waals surface area contributed by atoms with Gasteiger partial charge >= 0.3 is 0 Å². The number of likely N-dealkylation sites (N-methyl/N-ethyl adjacent to an activating group) is 1. The average molecular weight is 225 g/mol. The smallest absolute Gasteiger partial charge is 0.0738 e. The minimum Gasteiger partial charge on any atom is -0.310 e. The highest BCUT2D eigenvalue weighted by Crippen LogP contribution is 1.93. The summed E-state index contributed by atoms with van der Waals surface area (Å²) in [6.45, 7) is 9.70. The molecule has 0 fully saturated rings. The van der Waals surface area contributed by atoms with Gasteiger partial charge in [0.2, 0.25) is 0 Å². The molecule has 0 saturated carbocycles. The van der Waals surface area contributed by atoms with Gasteiger partial charge in [-0.05, 0) is 19.5 Å². The van der Waals surface area contributed by atoms with Gasteiger partial charge in [0, 0.05) is 26.7 Å². The summed E-state index contributed by atoms with van der Waals surface area (Å²) in [6.07, 6.45) is 3.02. The van der Waals surface area contributed by atoms with E-state index >= 15 is 0 Å². The van der Waals surface area contributed by atoms with Crippen LogP contribution in [0.15, 0.2) is 6.20 Å². The van der Waals surface area contributed by atoms with Crippen LogP contribution in [-0.2, 0) is 13.6 Å². The molecule has 16 heavy (non-hydrogen) atoms. The van der Waals surface area contributed by atoms with E-state index in [1.807, 2.05) is 7.05 Å².